The van der Waals surface area contributed by atoms with E-state index < -0.39 is 23.4 Å². The number of ether oxygens (including phenoxy) is 1. The number of alkyl halides is 3. The van der Waals surface area contributed by atoms with Gasteiger partial charge in [-0.1, -0.05) is 0 Å². The third kappa shape index (κ3) is 6.05. The van der Waals surface area contributed by atoms with E-state index in [9.17, 15) is 18.0 Å². The molecule has 112 valence electrons. The summed E-state index contributed by atoms with van der Waals surface area (Å²) in [4.78, 5) is 11.3. The van der Waals surface area contributed by atoms with Gasteiger partial charge in [0.05, 0.1) is 17.7 Å². The van der Waals surface area contributed by atoms with Gasteiger partial charge >= 0.3 is 12.3 Å². The molecule has 0 radical (unpaired) electrons. The third-order valence-electron chi connectivity index (χ3n) is 1.91. The highest BCUT2D eigenvalue weighted by molar-refractivity contribution is 7.99. The third-order valence-corrected chi connectivity index (χ3v) is 2.52. The molecule has 1 amide bonds. The summed E-state index contributed by atoms with van der Waals surface area (Å²) in [5, 5.41) is 0. The fourth-order valence-electron chi connectivity index (χ4n) is 1.15. The van der Waals surface area contributed by atoms with Crippen molar-refractivity contribution in [3.63, 3.8) is 0 Å². The quantitative estimate of drug-likeness (QED) is 0.822. The normalized spacial score (nSPS) is 11.9. The molecule has 1 aromatic carbocycles. The summed E-state index contributed by atoms with van der Waals surface area (Å²) in [6.45, 7) is 5.17. The zero-order valence-electron chi connectivity index (χ0n) is 11.2. The number of hydrogen-bond acceptors (Lipinski definition) is 4. The molecule has 0 unspecified atom stereocenters. The van der Waals surface area contributed by atoms with Crippen LogP contribution in [0.4, 0.5) is 23.7 Å². The van der Waals surface area contributed by atoms with Crippen molar-refractivity contribution in [3.05, 3.63) is 29.8 Å². The number of carbonyl (C=O) groups excluding carboxylic acids is 1. The van der Waals surface area contributed by atoms with E-state index in [0.29, 0.717) is 5.69 Å². The van der Waals surface area contributed by atoms with Crippen LogP contribution in [-0.2, 0) is 10.9 Å². The number of halogens is 3. The topological polar surface area (TPSA) is 50.4 Å². The molecule has 8 heteroatoms. The number of benzene rings is 1. The van der Waals surface area contributed by atoms with E-state index in [2.05, 4.69) is 9.44 Å². The number of anilines is 1. The number of hydrogen-bond donors (Lipinski definition) is 2. The summed E-state index contributed by atoms with van der Waals surface area (Å²) in [6, 6.07) is 4.45. The Morgan fingerprint density at radius 1 is 1.15 bits per heavy atom. The summed E-state index contributed by atoms with van der Waals surface area (Å²) in [7, 11) is 0. The Bertz CT molecular complexity index is 455. The van der Waals surface area contributed by atoms with E-state index in [1.54, 1.807) is 20.8 Å². The van der Waals surface area contributed by atoms with Gasteiger partial charge in [0.15, 0.2) is 0 Å². The standard InChI is InChI=1S/C12H15F3N2O2S/c1-11(2,3)19-10(18)17-20-16-9-6-4-8(5-7-9)12(13,14)15/h4-7,16H,1-3H3,(H,17,18). The first-order valence-corrected chi connectivity index (χ1v) is 6.48. The first-order valence-electron chi connectivity index (χ1n) is 5.66. The number of carbonyl (C=O) groups is 1. The molecule has 0 saturated heterocycles. The average Bonchev–Trinajstić information content (AvgIpc) is 2.26. The van der Waals surface area contributed by atoms with Gasteiger partial charge in [-0.05, 0) is 45.0 Å². The van der Waals surface area contributed by atoms with Gasteiger partial charge in [0.1, 0.15) is 5.60 Å². The summed E-state index contributed by atoms with van der Waals surface area (Å²) in [5.41, 5.74) is -0.911. The van der Waals surface area contributed by atoms with Crippen LogP contribution in [0.5, 0.6) is 0 Å². The second-order valence-corrected chi connectivity index (χ2v) is 5.50. The van der Waals surface area contributed by atoms with Crippen LogP contribution in [0.3, 0.4) is 0 Å². The predicted molar refractivity (Wildman–Crippen MR) is 72.0 cm³/mol. The van der Waals surface area contributed by atoms with E-state index in [0.717, 1.165) is 24.3 Å². The van der Waals surface area contributed by atoms with Gasteiger partial charge in [-0.2, -0.15) is 13.2 Å². The lowest BCUT2D eigenvalue weighted by atomic mass is 10.2. The molecule has 0 aliphatic carbocycles. The molecule has 0 aromatic heterocycles. The van der Waals surface area contributed by atoms with Gasteiger partial charge in [-0.25, -0.2) is 9.52 Å². The van der Waals surface area contributed by atoms with Crippen LogP contribution in [0, 0.1) is 0 Å². The number of amides is 1. The lowest BCUT2D eigenvalue weighted by Gasteiger charge is -2.19. The monoisotopic (exact) mass is 308 g/mol. The molecule has 0 fully saturated rings. The predicted octanol–water partition coefficient (Wildman–Crippen LogP) is 4.21. The zero-order valence-corrected chi connectivity index (χ0v) is 12.0. The van der Waals surface area contributed by atoms with Crippen LogP contribution < -0.4 is 9.44 Å². The van der Waals surface area contributed by atoms with Gasteiger partial charge < -0.3 is 9.46 Å². The van der Waals surface area contributed by atoms with E-state index >= 15 is 0 Å². The summed E-state index contributed by atoms with van der Waals surface area (Å²) < 4.78 is 47.0. The number of nitrogens with one attached hydrogen (secondary N) is 2. The highest BCUT2D eigenvalue weighted by Crippen LogP contribution is 2.30. The molecule has 0 spiro atoms. The fraction of sp³-hybridized carbons (Fsp3) is 0.417. The van der Waals surface area contributed by atoms with Crippen molar-refractivity contribution in [3.8, 4) is 0 Å². The Balaban J connectivity index is 2.42. The molecule has 0 aliphatic rings. The second kappa shape index (κ2) is 6.25. The van der Waals surface area contributed by atoms with Crippen molar-refractivity contribution in [1.29, 1.82) is 0 Å². The van der Waals surface area contributed by atoms with Crippen LogP contribution in [0.25, 0.3) is 0 Å². The van der Waals surface area contributed by atoms with Crippen LogP contribution >= 0.6 is 12.1 Å². The minimum absolute atomic E-state index is 0.430. The molecule has 4 nitrogen and oxygen atoms in total. The van der Waals surface area contributed by atoms with Gasteiger partial charge in [-0.15, -0.1) is 0 Å². The SMILES string of the molecule is CC(C)(C)OC(=O)NSNc1ccc(C(F)(F)F)cc1. The summed E-state index contributed by atoms with van der Waals surface area (Å²) >= 11 is 0.813. The lowest BCUT2D eigenvalue weighted by Crippen LogP contribution is -2.29. The zero-order chi connectivity index (χ0) is 15.4. The van der Waals surface area contributed by atoms with E-state index in [1.807, 2.05) is 0 Å². The maximum absolute atomic E-state index is 12.3. The highest BCUT2D eigenvalue weighted by atomic mass is 32.2. The molecular weight excluding hydrogens is 293 g/mol. The molecule has 2 N–H and O–H groups in total. The molecular formula is C12H15F3N2O2S. The fourth-order valence-corrected chi connectivity index (χ4v) is 1.58. The van der Waals surface area contributed by atoms with Crippen molar-refractivity contribution in [2.45, 2.75) is 32.5 Å². The van der Waals surface area contributed by atoms with Crippen molar-refractivity contribution in [2.24, 2.45) is 0 Å². The highest BCUT2D eigenvalue weighted by Gasteiger charge is 2.29. The molecule has 0 aliphatic heterocycles. The Hall–Kier alpha value is -1.57. The molecule has 0 saturated carbocycles. The van der Waals surface area contributed by atoms with Gasteiger partial charge in [0, 0.05) is 5.69 Å². The largest absolute Gasteiger partial charge is 0.443 e. The first kappa shape index (κ1) is 16.5. The molecule has 1 rings (SSSR count). The van der Waals surface area contributed by atoms with Crippen LogP contribution in [0.15, 0.2) is 24.3 Å². The molecule has 0 heterocycles. The van der Waals surface area contributed by atoms with Gasteiger partial charge in [0.25, 0.3) is 0 Å². The van der Waals surface area contributed by atoms with E-state index in [1.165, 1.54) is 12.1 Å². The minimum atomic E-state index is -4.36. The molecule has 20 heavy (non-hydrogen) atoms. The minimum Gasteiger partial charge on any atom is -0.443 e. The van der Waals surface area contributed by atoms with Crippen molar-refractivity contribution in [2.75, 3.05) is 4.72 Å². The van der Waals surface area contributed by atoms with Crippen molar-refractivity contribution >= 4 is 23.9 Å². The number of rotatable bonds is 3. The van der Waals surface area contributed by atoms with Gasteiger partial charge in [-0.3, -0.25) is 0 Å². The van der Waals surface area contributed by atoms with Crippen LogP contribution in [0.1, 0.15) is 26.3 Å². The lowest BCUT2D eigenvalue weighted by molar-refractivity contribution is -0.137. The Morgan fingerprint density at radius 2 is 1.70 bits per heavy atom. The van der Waals surface area contributed by atoms with Crippen LogP contribution in [0.2, 0.25) is 0 Å². The van der Waals surface area contributed by atoms with Crippen molar-refractivity contribution in [1.82, 2.24) is 4.72 Å². The Morgan fingerprint density at radius 3 is 2.15 bits per heavy atom. The van der Waals surface area contributed by atoms with Crippen molar-refractivity contribution < 1.29 is 22.7 Å². The molecule has 1 aromatic rings. The first-order chi connectivity index (χ1) is 9.08. The Labute approximate surface area is 119 Å². The van der Waals surface area contributed by atoms with E-state index in [4.69, 9.17) is 4.74 Å². The maximum atomic E-state index is 12.3. The second-order valence-electron chi connectivity index (χ2n) is 4.88. The smallest absolute Gasteiger partial charge is 0.419 e. The Kier molecular flexibility index (Phi) is 5.15. The molecule has 0 atom stereocenters. The summed E-state index contributed by atoms with van der Waals surface area (Å²) in [5.74, 6) is 0. The summed E-state index contributed by atoms with van der Waals surface area (Å²) in [6.07, 6.45) is -5.00. The molecule has 0 bridgehead atoms. The van der Waals surface area contributed by atoms with E-state index in [-0.39, 0.29) is 0 Å². The average molecular weight is 308 g/mol. The van der Waals surface area contributed by atoms with Gasteiger partial charge in [0.2, 0.25) is 0 Å². The van der Waals surface area contributed by atoms with Crippen LogP contribution in [-0.4, -0.2) is 11.7 Å². The maximum Gasteiger partial charge on any atom is 0.419 e.